The number of carbonyl (C=O) groups is 3. The molecule has 1 saturated heterocycles. The van der Waals surface area contributed by atoms with Crippen molar-refractivity contribution in [3.8, 4) is 5.75 Å². The second kappa shape index (κ2) is 14.3. The van der Waals surface area contributed by atoms with Gasteiger partial charge in [0.05, 0.1) is 20.2 Å². The molecule has 5 aromatic rings. The highest BCUT2D eigenvalue weighted by Gasteiger charge is 2.40. The van der Waals surface area contributed by atoms with Crippen LogP contribution in [-0.2, 0) is 16.2 Å². The summed E-state index contributed by atoms with van der Waals surface area (Å²) in [6.07, 6.45) is 3.30. The fourth-order valence-corrected chi connectivity index (χ4v) is 8.37. The number of anilines is 2. The number of urea groups is 1. The molecule has 4 amide bonds. The van der Waals surface area contributed by atoms with Crippen LogP contribution in [0.25, 0.3) is 6.08 Å². The van der Waals surface area contributed by atoms with E-state index in [2.05, 4.69) is 50.4 Å². The van der Waals surface area contributed by atoms with Crippen molar-refractivity contribution in [3.05, 3.63) is 163 Å². The molecule has 1 N–H and O–H groups in total. The van der Waals surface area contributed by atoms with Gasteiger partial charge in [-0.1, -0.05) is 96.0 Å². The Labute approximate surface area is 319 Å². The molecular weight excluding hydrogens is 761 g/mol. The fraction of sp³-hybridized carbons (Fsp3) is 0.167. The fourth-order valence-electron chi connectivity index (χ4n) is 7.54. The van der Waals surface area contributed by atoms with Gasteiger partial charge in [0.1, 0.15) is 17.9 Å². The zero-order valence-corrected chi connectivity index (χ0v) is 30.9. The summed E-state index contributed by atoms with van der Waals surface area (Å²) >= 11 is 15.7. The van der Waals surface area contributed by atoms with Gasteiger partial charge in [-0.25, -0.2) is 9.69 Å². The molecule has 8 rings (SSSR count). The van der Waals surface area contributed by atoms with E-state index in [9.17, 15) is 14.4 Å². The monoisotopic (exact) mass is 791 g/mol. The van der Waals surface area contributed by atoms with Crippen LogP contribution in [0.4, 0.5) is 16.2 Å². The number of nitrogens with one attached hydrogen (secondary N) is 1. The summed E-state index contributed by atoms with van der Waals surface area (Å²) in [6, 6.07) is 34.4. The van der Waals surface area contributed by atoms with E-state index in [-0.39, 0.29) is 24.0 Å². The second-order valence-corrected chi connectivity index (χ2v) is 14.8. The number of benzene rings is 5. The smallest absolute Gasteiger partial charge is 0.335 e. The minimum Gasteiger partial charge on any atom is -0.488 e. The molecule has 2 atom stereocenters. The van der Waals surface area contributed by atoms with Gasteiger partial charge in [0.25, 0.3) is 11.8 Å². The number of hydrogen-bond donors (Lipinski definition) is 1. The number of ether oxygens (including phenoxy) is 1. The maximum atomic E-state index is 14.3. The number of rotatable bonds is 7. The predicted octanol–water partition coefficient (Wildman–Crippen LogP) is 9.88. The Morgan fingerprint density at radius 1 is 0.769 bits per heavy atom. The van der Waals surface area contributed by atoms with Crippen molar-refractivity contribution in [1.82, 2.24) is 5.32 Å². The summed E-state index contributed by atoms with van der Waals surface area (Å²) in [7, 11) is 0. The Balaban J connectivity index is 1.15. The topological polar surface area (TPSA) is 79.0 Å². The molecule has 0 unspecified atom stereocenters. The molecule has 5 aromatic carbocycles. The van der Waals surface area contributed by atoms with Crippen LogP contribution >= 0.6 is 39.1 Å². The van der Waals surface area contributed by atoms with Crippen LogP contribution in [0.1, 0.15) is 58.1 Å². The van der Waals surface area contributed by atoms with E-state index >= 15 is 0 Å². The standard InChI is InChI=1S/C42H32BrCl2N3O4/c43-35-20-25(12-14-38(35)52-24-26-11-13-36(44)37(45)21-26)19-34-40(49)46-42(51)48(41(34)50)29-22-32-30(27-7-3-1-4-8-27)15-17-47-18-16-31(33(23-29)39(32)47)28-9-5-2-6-10-28/h1-14,19-23,30-31H,15-18,24H2,(H,46,49,51)/b34-19+/t30-,31-/m1/s1. The summed E-state index contributed by atoms with van der Waals surface area (Å²) in [5, 5.41) is 3.32. The Morgan fingerprint density at radius 3 is 2.00 bits per heavy atom. The molecule has 0 saturated carbocycles. The van der Waals surface area contributed by atoms with Gasteiger partial charge in [-0.2, -0.15) is 0 Å². The van der Waals surface area contributed by atoms with Gasteiger partial charge < -0.3 is 9.64 Å². The molecule has 0 spiro atoms. The molecule has 260 valence electrons. The summed E-state index contributed by atoms with van der Waals surface area (Å²) in [4.78, 5) is 44.6. The van der Waals surface area contributed by atoms with Gasteiger partial charge in [-0.3, -0.25) is 14.9 Å². The SMILES string of the molecule is O=C1NC(=O)N(c2cc3c4c(c2)[C@@H](c2ccccc2)CCN4CC[C@@H]3c2ccccc2)C(=O)/C1=C/c1ccc(OCc2ccc(Cl)c(Cl)c2)c(Br)c1. The van der Waals surface area contributed by atoms with Gasteiger partial charge in [0.15, 0.2) is 0 Å². The van der Waals surface area contributed by atoms with Crippen molar-refractivity contribution in [2.45, 2.75) is 31.3 Å². The van der Waals surface area contributed by atoms with Crippen LogP contribution in [0.3, 0.4) is 0 Å². The number of hydrogen-bond acceptors (Lipinski definition) is 5. The summed E-state index contributed by atoms with van der Waals surface area (Å²) < 4.78 is 6.60. The first-order valence-corrected chi connectivity index (χ1v) is 18.6. The average Bonchev–Trinajstić information content (AvgIpc) is 3.15. The third-order valence-corrected chi connectivity index (χ3v) is 11.4. The molecule has 0 bridgehead atoms. The van der Waals surface area contributed by atoms with Crippen LogP contribution in [0, 0.1) is 0 Å². The van der Waals surface area contributed by atoms with Crippen molar-refractivity contribution in [1.29, 1.82) is 0 Å². The van der Waals surface area contributed by atoms with Crippen molar-refractivity contribution in [3.63, 3.8) is 0 Å². The normalized spacial score (nSPS) is 19.1. The minimum atomic E-state index is -0.775. The van der Waals surface area contributed by atoms with Gasteiger partial charge in [-0.15, -0.1) is 0 Å². The minimum absolute atomic E-state index is 0.0787. The highest BCUT2D eigenvalue weighted by atomic mass is 79.9. The number of nitrogens with zero attached hydrogens (tertiary/aromatic N) is 2. The van der Waals surface area contributed by atoms with Crippen LogP contribution < -0.4 is 19.9 Å². The Morgan fingerprint density at radius 2 is 1.40 bits per heavy atom. The molecule has 3 heterocycles. The van der Waals surface area contributed by atoms with Crippen LogP contribution in [0.5, 0.6) is 5.75 Å². The first kappa shape index (κ1) is 34.2. The lowest BCUT2D eigenvalue weighted by molar-refractivity contribution is -0.122. The first-order chi connectivity index (χ1) is 25.2. The highest BCUT2D eigenvalue weighted by molar-refractivity contribution is 9.10. The Hall–Kier alpha value is -4.89. The quantitative estimate of drug-likeness (QED) is 0.131. The molecule has 0 aliphatic carbocycles. The zero-order valence-electron chi connectivity index (χ0n) is 27.8. The van der Waals surface area contributed by atoms with Crippen molar-refractivity contribution < 1.29 is 19.1 Å². The largest absolute Gasteiger partial charge is 0.488 e. The van der Waals surface area contributed by atoms with Crippen molar-refractivity contribution in [2.75, 3.05) is 22.9 Å². The van der Waals surface area contributed by atoms with Crippen LogP contribution in [0.15, 0.2) is 119 Å². The molecule has 10 heteroatoms. The number of barbiturate groups is 1. The van der Waals surface area contributed by atoms with Gasteiger partial charge in [0, 0.05) is 30.6 Å². The Bertz CT molecular complexity index is 2190. The lowest BCUT2D eigenvalue weighted by Crippen LogP contribution is -2.54. The molecule has 0 radical (unpaired) electrons. The van der Waals surface area contributed by atoms with Gasteiger partial charge >= 0.3 is 6.03 Å². The molecule has 0 aromatic heterocycles. The summed E-state index contributed by atoms with van der Waals surface area (Å²) in [5.41, 5.74) is 7.40. The predicted molar refractivity (Wildman–Crippen MR) is 208 cm³/mol. The molecule has 1 fully saturated rings. The molecule has 3 aliphatic rings. The highest BCUT2D eigenvalue weighted by Crippen LogP contribution is 2.50. The van der Waals surface area contributed by atoms with E-state index in [1.54, 1.807) is 30.3 Å². The van der Waals surface area contributed by atoms with Crippen LogP contribution in [0.2, 0.25) is 10.0 Å². The van der Waals surface area contributed by atoms with E-state index in [1.165, 1.54) is 22.9 Å². The molecular formula is C42H32BrCl2N3O4. The number of amides is 4. The molecule has 3 aliphatic heterocycles. The van der Waals surface area contributed by atoms with E-state index in [1.807, 2.05) is 54.6 Å². The van der Waals surface area contributed by atoms with Gasteiger partial charge in [-0.05, 0) is 105 Å². The Kier molecular flexibility index (Phi) is 9.38. The maximum absolute atomic E-state index is 14.3. The van der Waals surface area contributed by atoms with Crippen molar-refractivity contribution in [2.24, 2.45) is 0 Å². The lowest BCUT2D eigenvalue weighted by Gasteiger charge is -2.44. The van der Waals surface area contributed by atoms with E-state index in [4.69, 9.17) is 27.9 Å². The third kappa shape index (κ3) is 6.51. The van der Waals surface area contributed by atoms with E-state index < -0.39 is 17.8 Å². The number of imide groups is 2. The molecule has 52 heavy (non-hydrogen) atoms. The third-order valence-electron chi connectivity index (χ3n) is 10.0. The lowest BCUT2D eigenvalue weighted by atomic mass is 9.76. The average molecular weight is 794 g/mol. The zero-order chi connectivity index (χ0) is 35.9. The maximum Gasteiger partial charge on any atom is 0.335 e. The summed E-state index contributed by atoms with van der Waals surface area (Å²) in [6.45, 7) is 2.09. The second-order valence-electron chi connectivity index (χ2n) is 13.1. The first-order valence-electron chi connectivity index (χ1n) is 17.1. The summed E-state index contributed by atoms with van der Waals surface area (Å²) in [5.74, 6) is -0.724. The van der Waals surface area contributed by atoms with E-state index in [0.717, 1.165) is 47.5 Å². The van der Waals surface area contributed by atoms with Gasteiger partial charge in [0.2, 0.25) is 0 Å². The van der Waals surface area contributed by atoms with Crippen LogP contribution in [-0.4, -0.2) is 30.9 Å². The number of carbonyl (C=O) groups excluding carboxylic acids is 3. The number of halogens is 3. The van der Waals surface area contributed by atoms with Crippen molar-refractivity contribution >= 4 is 74.4 Å². The molecule has 7 nitrogen and oxygen atoms in total. The van der Waals surface area contributed by atoms with E-state index in [0.29, 0.717) is 31.5 Å².